The molecule has 0 unspecified atom stereocenters. The molecule has 12 rings (SSSR count). The normalized spacial score (nSPS) is 12.6. The monoisotopic (exact) mass is 830 g/mol. The largest absolute Gasteiger partial charge is 0.309 e. The van der Waals surface area contributed by atoms with Crippen molar-refractivity contribution in [3.63, 3.8) is 0 Å². The molecule has 2 nitrogen and oxygen atoms in total. The smallest absolute Gasteiger partial charge is 0.0547 e. The first kappa shape index (κ1) is 38.5. The summed E-state index contributed by atoms with van der Waals surface area (Å²) in [7, 11) is 0. The van der Waals surface area contributed by atoms with Crippen LogP contribution in [0, 0.1) is 0 Å². The number of hydrogen-bond donors (Lipinski definition) is 0. The minimum atomic E-state index is -0.163. The highest BCUT2D eigenvalue weighted by atomic mass is 15.1. The number of anilines is 3. The Kier molecular flexibility index (Phi) is 9.21. The highest BCUT2D eigenvalue weighted by Crippen LogP contribution is 2.56. The van der Waals surface area contributed by atoms with Crippen LogP contribution in [0.1, 0.15) is 25.0 Å². The molecule has 65 heavy (non-hydrogen) atoms. The average molecular weight is 831 g/mol. The number of rotatable bonds is 8. The number of hydrogen-bond acceptors (Lipinski definition) is 1. The molecule has 0 atom stereocenters. The SMILES string of the molecule is CC1(C)c2ccccc2-c2c(N(c3ccc(-c4cccc5c4c4ccccc4n5-c4ccccc4)cc3)c3cccc(-c4ccccc4)c3-c3ccccc3-c3ccccc3)cccc21. The van der Waals surface area contributed by atoms with Crippen molar-refractivity contribution >= 4 is 38.9 Å². The molecule has 0 saturated heterocycles. The van der Waals surface area contributed by atoms with E-state index in [9.17, 15) is 0 Å². The molecular formula is C63H46N2. The molecule has 0 N–H and O–H groups in total. The Morgan fingerprint density at radius 3 is 1.57 bits per heavy atom. The van der Waals surface area contributed by atoms with Gasteiger partial charge < -0.3 is 9.47 Å². The van der Waals surface area contributed by atoms with Crippen LogP contribution in [-0.4, -0.2) is 4.57 Å². The van der Waals surface area contributed by atoms with E-state index in [1.807, 2.05) is 0 Å². The highest BCUT2D eigenvalue weighted by molar-refractivity contribution is 6.16. The van der Waals surface area contributed by atoms with Crippen LogP contribution in [0.4, 0.5) is 17.1 Å². The summed E-state index contributed by atoms with van der Waals surface area (Å²) in [5.41, 5.74) is 21.5. The Hall–Kier alpha value is -8.20. The lowest BCUT2D eigenvalue weighted by atomic mass is 9.82. The first-order valence-electron chi connectivity index (χ1n) is 22.6. The van der Waals surface area contributed by atoms with Gasteiger partial charge in [-0.15, -0.1) is 0 Å². The van der Waals surface area contributed by atoms with E-state index in [-0.39, 0.29) is 5.41 Å². The zero-order valence-corrected chi connectivity index (χ0v) is 36.5. The predicted molar refractivity (Wildman–Crippen MR) is 275 cm³/mol. The molecule has 1 aliphatic carbocycles. The molecule has 0 bridgehead atoms. The standard InChI is InChI=1S/C63H46N2/c1-63(2)54-33-16-14-29-52(54)62-55(63)34-20-38-59(62)65(57-36-18-31-49(44-23-8-4-9-24-44)60(57)51-28-13-12-27-48(51)43-21-6-3-7-22-43)47-41-39-45(40-42-47)50-32-19-37-58-61(50)53-30-15-17-35-56(53)64(58)46-25-10-5-11-26-46/h3-42H,1-2H3. The summed E-state index contributed by atoms with van der Waals surface area (Å²) in [5, 5.41) is 2.50. The Bertz CT molecular complexity index is 3550. The van der Waals surface area contributed by atoms with Gasteiger partial charge in [-0.2, -0.15) is 0 Å². The van der Waals surface area contributed by atoms with Gasteiger partial charge in [0.25, 0.3) is 0 Å². The van der Waals surface area contributed by atoms with Gasteiger partial charge in [0.2, 0.25) is 0 Å². The van der Waals surface area contributed by atoms with Gasteiger partial charge in [-0.25, -0.2) is 0 Å². The van der Waals surface area contributed by atoms with E-state index in [1.165, 1.54) is 88.6 Å². The zero-order chi connectivity index (χ0) is 43.5. The third kappa shape index (κ3) is 6.25. The predicted octanol–water partition coefficient (Wildman–Crippen LogP) is 17.2. The first-order chi connectivity index (χ1) is 32.1. The van der Waals surface area contributed by atoms with Crippen molar-refractivity contribution in [2.24, 2.45) is 0 Å². The van der Waals surface area contributed by atoms with E-state index in [0.717, 1.165) is 22.7 Å². The maximum atomic E-state index is 2.53. The summed E-state index contributed by atoms with van der Waals surface area (Å²) in [6, 6.07) is 88.9. The van der Waals surface area contributed by atoms with Crippen LogP contribution in [0.25, 0.3) is 83.1 Å². The van der Waals surface area contributed by atoms with Crippen molar-refractivity contribution in [2.75, 3.05) is 4.90 Å². The van der Waals surface area contributed by atoms with Crippen molar-refractivity contribution in [3.05, 3.63) is 254 Å². The van der Waals surface area contributed by atoms with Crippen LogP contribution < -0.4 is 4.90 Å². The number of para-hydroxylation sites is 2. The summed E-state index contributed by atoms with van der Waals surface area (Å²) in [6.45, 7) is 4.74. The van der Waals surface area contributed by atoms with E-state index in [2.05, 4.69) is 266 Å². The Labute approximate surface area is 381 Å². The molecule has 0 saturated carbocycles. The number of aromatic nitrogens is 1. The summed E-state index contributed by atoms with van der Waals surface area (Å²) >= 11 is 0. The fourth-order valence-electron chi connectivity index (χ4n) is 10.7. The van der Waals surface area contributed by atoms with Crippen molar-refractivity contribution in [3.8, 4) is 61.3 Å². The molecule has 0 fully saturated rings. The molecule has 0 spiro atoms. The summed E-state index contributed by atoms with van der Waals surface area (Å²) in [5.74, 6) is 0. The molecular weight excluding hydrogens is 785 g/mol. The van der Waals surface area contributed by atoms with Gasteiger partial charge in [0.1, 0.15) is 0 Å². The maximum Gasteiger partial charge on any atom is 0.0547 e. The van der Waals surface area contributed by atoms with Gasteiger partial charge in [-0.3, -0.25) is 0 Å². The van der Waals surface area contributed by atoms with Crippen LogP contribution in [0.5, 0.6) is 0 Å². The molecule has 1 aliphatic rings. The lowest BCUT2D eigenvalue weighted by Gasteiger charge is -2.32. The zero-order valence-electron chi connectivity index (χ0n) is 36.5. The topological polar surface area (TPSA) is 8.17 Å². The average Bonchev–Trinajstić information content (AvgIpc) is 3.84. The molecule has 0 radical (unpaired) electrons. The van der Waals surface area contributed by atoms with E-state index < -0.39 is 0 Å². The maximum absolute atomic E-state index is 2.53. The van der Waals surface area contributed by atoms with Gasteiger partial charge in [0.05, 0.1) is 22.4 Å². The second-order valence-corrected chi connectivity index (χ2v) is 17.6. The van der Waals surface area contributed by atoms with Gasteiger partial charge >= 0.3 is 0 Å². The second kappa shape index (κ2) is 15.6. The Morgan fingerprint density at radius 2 is 0.831 bits per heavy atom. The van der Waals surface area contributed by atoms with Gasteiger partial charge in [-0.05, 0) is 104 Å². The highest BCUT2D eigenvalue weighted by Gasteiger charge is 2.38. The minimum Gasteiger partial charge on any atom is -0.309 e. The van der Waals surface area contributed by atoms with Gasteiger partial charge in [-0.1, -0.05) is 208 Å². The van der Waals surface area contributed by atoms with Crippen LogP contribution in [0.2, 0.25) is 0 Å². The lowest BCUT2D eigenvalue weighted by Crippen LogP contribution is -2.16. The second-order valence-electron chi connectivity index (χ2n) is 17.6. The molecule has 1 aromatic heterocycles. The van der Waals surface area contributed by atoms with Crippen LogP contribution in [0.15, 0.2) is 243 Å². The Balaban J connectivity index is 1.12. The third-order valence-electron chi connectivity index (χ3n) is 13.6. The molecule has 2 heteroatoms. The number of fused-ring (bicyclic) bond motifs is 6. The molecule has 0 amide bonds. The van der Waals surface area contributed by atoms with E-state index >= 15 is 0 Å². The third-order valence-corrected chi connectivity index (χ3v) is 13.6. The van der Waals surface area contributed by atoms with Crippen molar-refractivity contribution < 1.29 is 0 Å². The Morgan fingerprint density at radius 1 is 0.338 bits per heavy atom. The molecule has 1 heterocycles. The van der Waals surface area contributed by atoms with Gasteiger partial charge in [0, 0.05) is 38.7 Å². The van der Waals surface area contributed by atoms with E-state index in [0.29, 0.717) is 0 Å². The molecule has 10 aromatic carbocycles. The van der Waals surface area contributed by atoms with Crippen molar-refractivity contribution in [1.29, 1.82) is 0 Å². The van der Waals surface area contributed by atoms with Crippen molar-refractivity contribution in [2.45, 2.75) is 19.3 Å². The van der Waals surface area contributed by atoms with Crippen LogP contribution in [0.3, 0.4) is 0 Å². The molecule has 308 valence electrons. The summed E-state index contributed by atoms with van der Waals surface area (Å²) in [6.07, 6.45) is 0. The fourth-order valence-corrected chi connectivity index (χ4v) is 10.7. The quantitative estimate of drug-likeness (QED) is 0.148. The summed E-state index contributed by atoms with van der Waals surface area (Å²) in [4.78, 5) is 2.53. The van der Waals surface area contributed by atoms with Crippen molar-refractivity contribution in [1.82, 2.24) is 4.57 Å². The fraction of sp³-hybridized carbons (Fsp3) is 0.0476. The first-order valence-corrected chi connectivity index (χ1v) is 22.6. The lowest BCUT2D eigenvalue weighted by molar-refractivity contribution is 0.660. The van der Waals surface area contributed by atoms with Crippen LogP contribution in [-0.2, 0) is 5.41 Å². The van der Waals surface area contributed by atoms with Gasteiger partial charge in [0.15, 0.2) is 0 Å². The van der Waals surface area contributed by atoms with Crippen LogP contribution >= 0.6 is 0 Å². The van der Waals surface area contributed by atoms with E-state index in [4.69, 9.17) is 0 Å². The summed E-state index contributed by atoms with van der Waals surface area (Å²) < 4.78 is 2.40. The molecule has 11 aromatic rings. The molecule has 0 aliphatic heterocycles. The number of nitrogens with zero attached hydrogens (tertiary/aromatic N) is 2. The van der Waals surface area contributed by atoms with E-state index in [1.54, 1.807) is 0 Å². The number of benzene rings is 10. The minimum absolute atomic E-state index is 0.163.